The molecule has 0 atom stereocenters. The molecule has 4 heteroatoms. The summed E-state index contributed by atoms with van der Waals surface area (Å²) in [6.45, 7) is 0. The van der Waals surface area contributed by atoms with E-state index in [0.29, 0.717) is 16.7 Å². The molecule has 1 N–H and O–H groups in total. The number of hydrogen-bond donors (Lipinski definition) is 1. The van der Waals surface area contributed by atoms with Crippen LogP contribution in [-0.4, -0.2) is 10.0 Å². The number of hydrogen-bond acceptors (Lipinski definition) is 3. The lowest BCUT2D eigenvalue weighted by molar-refractivity contribution is -0.383. The van der Waals surface area contributed by atoms with Gasteiger partial charge in [0.2, 0.25) is 0 Å². The van der Waals surface area contributed by atoms with Gasteiger partial charge in [-0.05, 0) is 23.8 Å². The molecule has 0 aliphatic carbocycles. The molecule has 0 aliphatic heterocycles. The van der Waals surface area contributed by atoms with Crippen LogP contribution in [0, 0.1) is 10.1 Å². The molecule has 3 aromatic rings. The van der Waals surface area contributed by atoms with Gasteiger partial charge in [-0.3, -0.25) is 10.1 Å². The highest BCUT2D eigenvalue weighted by Crippen LogP contribution is 2.41. The van der Waals surface area contributed by atoms with E-state index in [4.69, 9.17) is 0 Å². The van der Waals surface area contributed by atoms with Crippen LogP contribution in [0.2, 0.25) is 0 Å². The lowest BCUT2D eigenvalue weighted by atomic mass is 9.96. The van der Waals surface area contributed by atoms with Crippen molar-refractivity contribution in [1.82, 2.24) is 0 Å². The third-order valence-electron chi connectivity index (χ3n) is 3.50. The maximum atomic E-state index is 11.6. The van der Waals surface area contributed by atoms with Gasteiger partial charge in [0.15, 0.2) is 0 Å². The van der Waals surface area contributed by atoms with Crippen LogP contribution in [0.5, 0.6) is 5.75 Å². The van der Waals surface area contributed by atoms with E-state index in [-0.39, 0.29) is 11.4 Å². The number of phenolic OH excluding ortho intramolecular Hbond substituents is 1. The predicted octanol–water partition coefficient (Wildman–Crippen LogP) is 4.63. The van der Waals surface area contributed by atoms with E-state index >= 15 is 0 Å². The Labute approximate surface area is 127 Å². The zero-order valence-corrected chi connectivity index (χ0v) is 11.6. The molecule has 0 bridgehead atoms. The molecule has 0 saturated heterocycles. The second kappa shape index (κ2) is 5.69. The first-order valence-corrected chi connectivity index (χ1v) is 6.79. The van der Waals surface area contributed by atoms with Crippen LogP contribution < -0.4 is 0 Å². The first-order valence-electron chi connectivity index (χ1n) is 6.79. The lowest BCUT2D eigenvalue weighted by Gasteiger charge is -2.09. The number of para-hydroxylation sites is 2. The van der Waals surface area contributed by atoms with Crippen LogP contribution in [0.4, 0.5) is 5.69 Å². The Balaban J connectivity index is 2.29. The zero-order chi connectivity index (χ0) is 15.5. The van der Waals surface area contributed by atoms with Crippen molar-refractivity contribution < 1.29 is 10.0 Å². The number of aromatic hydroxyl groups is 1. The standard InChI is InChI=1S/C18H13NO3/c20-17-12-5-4-9-15(17)16-11-6-10-14(18(16)19(21)22)13-7-2-1-3-8-13/h1-12,20H. The van der Waals surface area contributed by atoms with Crippen molar-refractivity contribution >= 4 is 5.69 Å². The Hall–Kier alpha value is -3.14. The molecule has 0 amide bonds. The summed E-state index contributed by atoms with van der Waals surface area (Å²) in [5.74, 6) is 0.0239. The third kappa shape index (κ3) is 2.42. The Morgan fingerprint density at radius 1 is 0.727 bits per heavy atom. The fourth-order valence-corrected chi connectivity index (χ4v) is 2.51. The first-order chi connectivity index (χ1) is 10.7. The number of benzene rings is 3. The SMILES string of the molecule is O=[N+]([O-])c1c(-c2ccccc2)cccc1-c1ccccc1O. The summed E-state index contributed by atoms with van der Waals surface area (Å²) in [5.41, 5.74) is 2.16. The van der Waals surface area contributed by atoms with Gasteiger partial charge in [0, 0.05) is 5.56 Å². The van der Waals surface area contributed by atoms with Crippen molar-refractivity contribution in [1.29, 1.82) is 0 Å². The van der Waals surface area contributed by atoms with Crippen molar-refractivity contribution in [2.24, 2.45) is 0 Å². The summed E-state index contributed by atoms with van der Waals surface area (Å²) in [4.78, 5) is 11.2. The average molecular weight is 291 g/mol. The molecule has 0 heterocycles. The Kier molecular flexibility index (Phi) is 3.58. The molecule has 0 fully saturated rings. The van der Waals surface area contributed by atoms with Crippen LogP contribution in [0.3, 0.4) is 0 Å². The van der Waals surface area contributed by atoms with Gasteiger partial charge in [-0.2, -0.15) is 0 Å². The van der Waals surface area contributed by atoms with Gasteiger partial charge in [0.25, 0.3) is 5.69 Å². The Morgan fingerprint density at radius 3 is 2.00 bits per heavy atom. The number of phenols is 1. The van der Waals surface area contributed by atoms with Crippen LogP contribution in [0.15, 0.2) is 72.8 Å². The molecule has 3 rings (SSSR count). The maximum absolute atomic E-state index is 11.6. The largest absolute Gasteiger partial charge is 0.507 e. The Bertz CT molecular complexity index is 829. The summed E-state index contributed by atoms with van der Waals surface area (Å²) in [7, 11) is 0. The van der Waals surface area contributed by atoms with E-state index in [0.717, 1.165) is 5.56 Å². The van der Waals surface area contributed by atoms with Crippen molar-refractivity contribution in [3.63, 3.8) is 0 Å². The maximum Gasteiger partial charge on any atom is 0.285 e. The van der Waals surface area contributed by atoms with E-state index in [9.17, 15) is 15.2 Å². The molecule has 0 radical (unpaired) electrons. The van der Waals surface area contributed by atoms with E-state index in [1.807, 2.05) is 30.3 Å². The van der Waals surface area contributed by atoms with Crippen molar-refractivity contribution in [2.75, 3.05) is 0 Å². The summed E-state index contributed by atoms with van der Waals surface area (Å²) in [5, 5.41) is 21.6. The van der Waals surface area contributed by atoms with E-state index in [1.54, 1.807) is 36.4 Å². The van der Waals surface area contributed by atoms with E-state index in [2.05, 4.69) is 0 Å². The molecular formula is C18H13NO3. The predicted molar refractivity (Wildman–Crippen MR) is 85.6 cm³/mol. The minimum Gasteiger partial charge on any atom is -0.507 e. The zero-order valence-electron chi connectivity index (χ0n) is 11.6. The van der Waals surface area contributed by atoms with Gasteiger partial charge in [-0.1, -0.05) is 54.6 Å². The van der Waals surface area contributed by atoms with Gasteiger partial charge < -0.3 is 5.11 Å². The quantitative estimate of drug-likeness (QED) is 0.565. The van der Waals surface area contributed by atoms with Gasteiger partial charge in [-0.15, -0.1) is 0 Å². The van der Waals surface area contributed by atoms with Crippen LogP contribution in [0.1, 0.15) is 0 Å². The van der Waals surface area contributed by atoms with Crippen LogP contribution in [-0.2, 0) is 0 Å². The van der Waals surface area contributed by atoms with Gasteiger partial charge >= 0.3 is 0 Å². The molecule has 0 aliphatic rings. The summed E-state index contributed by atoms with van der Waals surface area (Å²) in [6.07, 6.45) is 0. The fourth-order valence-electron chi connectivity index (χ4n) is 2.51. The molecule has 0 unspecified atom stereocenters. The molecule has 0 saturated carbocycles. The minimum absolute atomic E-state index is 0.00444. The highest BCUT2D eigenvalue weighted by molar-refractivity contribution is 5.87. The van der Waals surface area contributed by atoms with Gasteiger partial charge in [0.1, 0.15) is 5.75 Å². The third-order valence-corrected chi connectivity index (χ3v) is 3.50. The first kappa shape index (κ1) is 13.8. The molecule has 4 nitrogen and oxygen atoms in total. The molecule has 3 aromatic carbocycles. The number of nitrogens with zero attached hydrogens (tertiary/aromatic N) is 1. The lowest BCUT2D eigenvalue weighted by Crippen LogP contribution is -1.95. The van der Waals surface area contributed by atoms with Crippen molar-refractivity contribution in [2.45, 2.75) is 0 Å². The van der Waals surface area contributed by atoms with E-state index < -0.39 is 4.92 Å². The molecule has 0 spiro atoms. The summed E-state index contributed by atoms with van der Waals surface area (Å²) in [6, 6.07) is 21.0. The van der Waals surface area contributed by atoms with Gasteiger partial charge in [-0.25, -0.2) is 0 Å². The topological polar surface area (TPSA) is 63.4 Å². The summed E-state index contributed by atoms with van der Waals surface area (Å²) < 4.78 is 0. The molecular weight excluding hydrogens is 278 g/mol. The monoisotopic (exact) mass is 291 g/mol. The van der Waals surface area contributed by atoms with Crippen molar-refractivity contribution in [3.05, 3.63) is 82.9 Å². The minimum atomic E-state index is -0.399. The average Bonchev–Trinajstić information content (AvgIpc) is 2.55. The molecule has 0 aromatic heterocycles. The second-order valence-corrected chi connectivity index (χ2v) is 4.84. The van der Waals surface area contributed by atoms with Crippen LogP contribution in [0.25, 0.3) is 22.3 Å². The highest BCUT2D eigenvalue weighted by atomic mass is 16.6. The number of nitro groups is 1. The Morgan fingerprint density at radius 2 is 1.32 bits per heavy atom. The molecule has 108 valence electrons. The molecule has 22 heavy (non-hydrogen) atoms. The number of nitro benzene ring substituents is 1. The number of rotatable bonds is 3. The fraction of sp³-hybridized carbons (Fsp3) is 0. The van der Waals surface area contributed by atoms with Crippen LogP contribution >= 0.6 is 0 Å². The summed E-state index contributed by atoms with van der Waals surface area (Å²) >= 11 is 0. The smallest absolute Gasteiger partial charge is 0.285 e. The normalized spacial score (nSPS) is 10.4. The van der Waals surface area contributed by atoms with Crippen molar-refractivity contribution in [3.8, 4) is 28.0 Å². The highest BCUT2D eigenvalue weighted by Gasteiger charge is 2.22. The van der Waals surface area contributed by atoms with E-state index in [1.165, 1.54) is 6.07 Å². The van der Waals surface area contributed by atoms with Gasteiger partial charge in [0.05, 0.1) is 16.1 Å². The second-order valence-electron chi connectivity index (χ2n) is 4.84.